The number of halogens is 6. The summed E-state index contributed by atoms with van der Waals surface area (Å²) in [6.07, 6.45) is -4.28. The van der Waals surface area contributed by atoms with Gasteiger partial charge in [0.25, 0.3) is 0 Å². The zero-order valence-electron chi connectivity index (χ0n) is 20.5. The fraction of sp³-hybridized carbons (Fsp3) is 0.577. The summed E-state index contributed by atoms with van der Waals surface area (Å²) in [7, 11) is 2.10. The summed E-state index contributed by atoms with van der Waals surface area (Å²) >= 11 is 0. The fourth-order valence-corrected chi connectivity index (χ4v) is 7.44. The van der Waals surface area contributed by atoms with Crippen LogP contribution in [0.4, 0.5) is 32.0 Å². The van der Waals surface area contributed by atoms with E-state index < -0.39 is 35.3 Å². The van der Waals surface area contributed by atoms with E-state index in [9.17, 15) is 26.3 Å². The molecule has 0 N–H and O–H groups in total. The molecule has 1 aromatic carbocycles. The number of alkyl halides is 6. The average molecular weight is 538 g/mol. The summed E-state index contributed by atoms with van der Waals surface area (Å²) in [6, 6.07) is 5.89. The molecule has 1 aliphatic carbocycles. The van der Waals surface area contributed by atoms with Crippen molar-refractivity contribution in [2.75, 3.05) is 25.0 Å². The molecule has 3 saturated heterocycles. The van der Waals surface area contributed by atoms with Gasteiger partial charge in [-0.3, -0.25) is 4.98 Å². The van der Waals surface area contributed by atoms with Crippen molar-refractivity contribution in [3.63, 3.8) is 0 Å². The summed E-state index contributed by atoms with van der Waals surface area (Å²) in [5.41, 5.74) is -4.46. The lowest BCUT2D eigenvalue weighted by Crippen LogP contribution is -2.39. The van der Waals surface area contributed by atoms with Crippen molar-refractivity contribution in [2.45, 2.75) is 67.9 Å². The Kier molecular flexibility index (Phi) is 4.84. The molecule has 0 spiro atoms. The van der Waals surface area contributed by atoms with Crippen LogP contribution in [0.3, 0.4) is 0 Å². The highest BCUT2D eigenvalue weighted by atomic mass is 19.4. The van der Waals surface area contributed by atoms with Crippen LogP contribution in [-0.4, -0.2) is 58.5 Å². The standard InChI is InChI=1S/C26H25F6N5O/c1-36-15-4-5-16(36)10-14(9-15)21-34-35-22(38-21)23-11-24(23,26(30,31)32)13-37(12-23)19-7-6-18(25(27,28)29)20-17(19)3-2-8-33-20/h2-3,6-8,14-16H,4-5,9-13H2,1H3/t14?,15?,16?,23-,24-/m0/s1. The van der Waals surface area contributed by atoms with Crippen LogP contribution in [0.5, 0.6) is 0 Å². The van der Waals surface area contributed by atoms with E-state index in [0.717, 1.165) is 31.7 Å². The van der Waals surface area contributed by atoms with E-state index in [-0.39, 0.29) is 41.4 Å². The molecule has 1 saturated carbocycles. The molecule has 4 atom stereocenters. The average Bonchev–Trinajstić information content (AvgIpc) is 3.12. The first-order valence-electron chi connectivity index (χ1n) is 12.8. The summed E-state index contributed by atoms with van der Waals surface area (Å²) in [4.78, 5) is 7.78. The Balaban J connectivity index is 1.25. The molecule has 3 aliphatic heterocycles. The summed E-state index contributed by atoms with van der Waals surface area (Å²) < 4.78 is 90.5. The van der Waals surface area contributed by atoms with Gasteiger partial charge in [0.1, 0.15) is 5.41 Å². The molecule has 2 aromatic heterocycles. The summed E-state index contributed by atoms with van der Waals surface area (Å²) in [5, 5.41) is 8.53. The third-order valence-electron chi connectivity index (χ3n) is 9.55. The molecule has 12 heteroatoms. The van der Waals surface area contributed by atoms with Crippen LogP contribution in [0.2, 0.25) is 0 Å². The summed E-state index contributed by atoms with van der Waals surface area (Å²) in [5.74, 6) is 0.390. The number of hydrogen-bond acceptors (Lipinski definition) is 6. The van der Waals surface area contributed by atoms with Gasteiger partial charge < -0.3 is 14.2 Å². The zero-order chi connectivity index (χ0) is 26.7. The highest BCUT2D eigenvalue weighted by Gasteiger charge is 2.86. The Morgan fingerprint density at radius 3 is 2.39 bits per heavy atom. The second-order valence-electron chi connectivity index (χ2n) is 11.4. The molecular weight excluding hydrogens is 512 g/mol. The molecule has 4 aliphatic rings. The number of hydrogen-bond donors (Lipinski definition) is 0. The van der Waals surface area contributed by atoms with Crippen molar-refractivity contribution in [1.82, 2.24) is 20.1 Å². The topological polar surface area (TPSA) is 58.3 Å². The van der Waals surface area contributed by atoms with Crippen molar-refractivity contribution in [3.8, 4) is 0 Å². The van der Waals surface area contributed by atoms with Gasteiger partial charge in [-0.05, 0) is 63.4 Å². The van der Waals surface area contributed by atoms with Crippen molar-refractivity contribution >= 4 is 16.6 Å². The SMILES string of the molecule is CN1C2CCC1CC(c1nnc([C@]34CN(c5ccc(C(F)(F)F)c6ncccc56)C[C@@]3(C(F)(F)F)C4)o1)C2. The predicted molar refractivity (Wildman–Crippen MR) is 125 cm³/mol. The first kappa shape index (κ1) is 24.2. The van der Waals surface area contributed by atoms with Crippen molar-refractivity contribution in [2.24, 2.45) is 5.41 Å². The number of aromatic nitrogens is 3. The number of anilines is 1. The Morgan fingerprint density at radius 1 is 0.974 bits per heavy atom. The zero-order valence-corrected chi connectivity index (χ0v) is 20.5. The number of piperidine rings is 2. The number of rotatable bonds is 3. The van der Waals surface area contributed by atoms with Gasteiger partial charge >= 0.3 is 12.4 Å². The first-order valence-corrected chi connectivity index (χ1v) is 12.8. The van der Waals surface area contributed by atoms with Gasteiger partial charge in [-0.1, -0.05) is 0 Å². The van der Waals surface area contributed by atoms with Gasteiger partial charge in [0.15, 0.2) is 0 Å². The Bertz CT molecular complexity index is 1410. The third-order valence-corrected chi connectivity index (χ3v) is 9.55. The normalized spacial score (nSPS) is 33.2. The van der Waals surface area contributed by atoms with Gasteiger partial charge in [0.2, 0.25) is 11.8 Å². The summed E-state index contributed by atoms with van der Waals surface area (Å²) in [6.45, 7) is -0.482. The van der Waals surface area contributed by atoms with Gasteiger partial charge in [0.05, 0.1) is 16.5 Å². The van der Waals surface area contributed by atoms with E-state index in [1.54, 1.807) is 0 Å². The number of benzene rings is 1. The van der Waals surface area contributed by atoms with Gasteiger partial charge in [-0.25, -0.2) is 0 Å². The fourth-order valence-electron chi connectivity index (χ4n) is 7.44. The van der Waals surface area contributed by atoms with Gasteiger partial charge in [0, 0.05) is 48.4 Å². The highest BCUT2D eigenvalue weighted by Crippen LogP contribution is 2.75. The molecule has 6 nitrogen and oxygen atoms in total. The van der Waals surface area contributed by atoms with Crippen molar-refractivity contribution in [3.05, 3.63) is 47.8 Å². The maximum absolute atomic E-state index is 14.6. The highest BCUT2D eigenvalue weighted by molar-refractivity contribution is 5.94. The quantitative estimate of drug-likeness (QED) is 0.401. The van der Waals surface area contributed by atoms with Crippen LogP contribution in [0.1, 0.15) is 55.4 Å². The molecular formula is C26H25F6N5O. The smallest absolute Gasteiger partial charge is 0.418 e. The second-order valence-corrected chi connectivity index (χ2v) is 11.4. The van der Waals surface area contributed by atoms with Gasteiger partial charge in [-0.2, -0.15) is 26.3 Å². The maximum Gasteiger partial charge on any atom is 0.418 e. The molecule has 202 valence electrons. The van der Waals surface area contributed by atoms with E-state index in [0.29, 0.717) is 18.0 Å². The van der Waals surface area contributed by atoms with Crippen LogP contribution in [0.25, 0.3) is 10.9 Å². The molecule has 2 bridgehead atoms. The molecule has 2 unspecified atom stereocenters. The van der Waals surface area contributed by atoms with Crippen LogP contribution in [0.15, 0.2) is 34.9 Å². The Morgan fingerprint density at radius 2 is 1.71 bits per heavy atom. The number of fused-ring (bicyclic) bond motifs is 4. The van der Waals surface area contributed by atoms with E-state index in [4.69, 9.17) is 4.42 Å². The minimum Gasteiger partial charge on any atom is -0.424 e. The first-order chi connectivity index (χ1) is 17.9. The van der Waals surface area contributed by atoms with Crippen LogP contribution >= 0.6 is 0 Å². The largest absolute Gasteiger partial charge is 0.424 e. The molecule has 3 aromatic rings. The lowest BCUT2D eigenvalue weighted by Gasteiger charge is -2.34. The maximum atomic E-state index is 14.6. The molecule has 0 radical (unpaired) electrons. The predicted octanol–water partition coefficient (Wildman–Crippen LogP) is 5.69. The minimum absolute atomic E-state index is 0.0165. The third kappa shape index (κ3) is 3.21. The van der Waals surface area contributed by atoms with Gasteiger partial charge in [-0.15, -0.1) is 10.2 Å². The van der Waals surface area contributed by atoms with E-state index in [2.05, 4.69) is 27.1 Å². The Hall–Kier alpha value is -2.89. The van der Waals surface area contributed by atoms with E-state index in [1.165, 1.54) is 29.3 Å². The van der Waals surface area contributed by atoms with E-state index in [1.807, 2.05) is 0 Å². The number of nitrogens with zero attached hydrogens (tertiary/aromatic N) is 5. The van der Waals surface area contributed by atoms with E-state index >= 15 is 0 Å². The Labute approximate surface area is 214 Å². The second kappa shape index (κ2) is 7.61. The number of pyridine rings is 1. The molecule has 0 amide bonds. The lowest BCUT2D eigenvalue weighted by molar-refractivity contribution is -0.187. The molecule has 7 rings (SSSR count). The monoisotopic (exact) mass is 537 g/mol. The van der Waals surface area contributed by atoms with Crippen molar-refractivity contribution in [1.29, 1.82) is 0 Å². The molecule has 5 heterocycles. The molecule has 4 fully saturated rings. The van der Waals surface area contributed by atoms with Crippen LogP contribution in [-0.2, 0) is 11.6 Å². The van der Waals surface area contributed by atoms with Crippen LogP contribution < -0.4 is 4.90 Å². The molecule has 38 heavy (non-hydrogen) atoms. The lowest BCUT2D eigenvalue weighted by atomic mass is 9.91. The van der Waals surface area contributed by atoms with Crippen molar-refractivity contribution < 1.29 is 30.8 Å². The van der Waals surface area contributed by atoms with Crippen LogP contribution in [0, 0.1) is 5.41 Å². The minimum atomic E-state index is -4.64.